The molecule has 6 nitrogen and oxygen atoms in total. The molecule has 0 bridgehead atoms. The van der Waals surface area contributed by atoms with Gasteiger partial charge in [-0.3, -0.25) is 14.6 Å². The van der Waals surface area contributed by atoms with Crippen LogP contribution in [0.4, 0.5) is 4.39 Å². The van der Waals surface area contributed by atoms with Gasteiger partial charge in [-0.25, -0.2) is 4.39 Å². The minimum Gasteiger partial charge on any atom is -0.357 e. The molecule has 33 heavy (non-hydrogen) atoms. The van der Waals surface area contributed by atoms with Crippen molar-refractivity contribution in [3.8, 4) is 0 Å². The van der Waals surface area contributed by atoms with Gasteiger partial charge in [0.1, 0.15) is 5.82 Å². The first-order valence-electron chi connectivity index (χ1n) is 11.9. The molecule has 0 spiro atoms. The number of likely N-dealkylation sites (tertiary alicyclic amines) is 1. The van der Waals surface area contributed by atoms with Gasteiger partial charge < -0.3 is 10.6 Å². The summed E-state index contributed by atoms with van der Waals surface area (Å²) >= 11 is 0. The zero-order valence-electron chi connectivity index (χ0n) is 20.7. The molecule has 1 aliphatic rings. The molecule has 0 aliphatic carbocycles. The van der Waals surface area contributed by atoms with Crippen LogP contribution in [-0.4, -0.2) is 52.9 Å². The third-order valence-corrected chi connectivity index (χ3v) is 6.46. The summed E-state index contributed by atoms with van der Waals surface area (Å²) < 4.78 is 15.9. The number of benzene rings is 1. The van der Waals surface area contributed by atoms with Crippen LogP contribution in [0.5, 0.6) is 0 Å². The van der Waals surface area contributed by atoms with Crippen LogP contribution in [0.3, 0.4) is 0 Å². The zero-order valence-corrected chi connectivity index (χ0v) is 23.0. The second kappa shape index (κ2) is 13.3. The van der Waals surface area contributed by atoms with Crippen LogP contribution in [-0.2, 0) is 20.0 Å². The molecule has 0 saturated carbocycles. The summed E-state index contributed by atoms with van der Waals surface area (Å²) in [4.78, 5) is 7.24. The smallest absolute Gasteiger partial charge is 0.191 e. The van der Waals surface area contributed by atoms with Crippen LogP contribution < -0.4 is 10.6 Å². The molecular weight excluding hydrogens is 530 g/mol. The number of hydrogen-bond donors (Lipinski definition) is 2. The van der Waals surface area contributed by atoms with Gasteiger partial charge in [-0.15, -0.1) is 24.0 Å². The van der Waals surface area contributed by atoms with Crippen LogP contribution in [0.2, 0.25) is 0 Å². The van der Waals surface area contributed by atoms with E-state index in [1.54, 1.807) is 12.1 Å². The standard InChI is InChI=1S/C25H39FN6.HI/c1-6-27-25(29-18(2)15-23-19(3)30-31(5)20(23)4)28-16-21-11-13-32(14-12-21)17-22-9-7-8-10-24(22)26;/h7-10,18,21H,6,11-17H2,1-5H3,(H2,27,28,29);1H. The van der Waals surface area contributed by atoms with Gasteiger partial charge in [0.05, 0.1) is 5.69 Å². The van der Waals surface area contributed by atoms with E-state index in [0.29, 0.717) is 12.5 Å². The van der Waals surface area contributed by atoms with Crippen LogP contribution in [0.15, 0.2) is 29.3 Å². The number of piperidine rings is 1. The van der Waals surface area contributed by atoms with Gasteiger partial charge in [-0.2, -0.15) is 5.10 Å². The fraction of sp³-hybridized carbons (Fsp3) is 0.600. The lowest BCUT2D eigenvalue weighted by molar-refractivity contribution is 0.179. The Morgan fingerprint density at radius 3 is 2.55 bits per heavy atom. The Morgan fingerprint density at radius 1 is 1.24 bits per heavy atom. The Kier molecular flexibility index (Phi) is 11.1. The summed E-state index contributed by atoms with van der Waals surface area (Å²) in [6.45, 7) is 12.8. The molecule has 2 heterocycles. The maximum Gasteiger partial charge on any atom is 0.191 e. The van der Waals surface area contributed by atoms with E-state index in [4.69, 9.17) is 4.99 Å². The number of hydrogen-bond acceptors (Lipinski definition) is 3. The van der Waals surface area contributed by atoms with Crippen molar-refractivity contribution in [2.75, 3.05) is 26.2 Å². The topological polar surface area (TPSA) is 57.5 Å². The molecule has 1 atom stereocenters. The third-order valence-electron chi connectivity index (χ3n) is 6.46. The Hall–Kier alpha value is -1.68. The lowest BCUT2D eigenvalue weighted by Gasteiger charge is -2.31. The minimum absolute atomic E-state index is 0. The highest BCUT2D eigenvalue weighted by atomic mass is 127. The fourth-order valence-electron chi connectivity index (χ4n) is 4.44. The molecule has 1 aromatic carbocycles. The van der Waals surface area contributed by atoms with Gasteiger partial charge >= 0.3 is 0 Å². The minimum atomic E-state index is -0.105. The number of guanidine groups is 1. The molecular formula is C25H40FIN6. The summed E-state index contributed by atoms with van der Waals surface area (Å²) in [5.74, 6) is 1.35. The first-order chi connectivity index (χ1) is 15.4. The van der Waals surface area contributed by atoms with Crippen LogP contribution >= 0.6 is 24.0 Å². The lowest BCUT2D eigenvalue weighted by Crippen LogP contribution is -2.43. The van der Waals surface area contributed by atoms with E-state index >= 15 is 0 Å². The number of aromatic nitrogens is 2. The number of nitrogens with one attached hydrogen (secondary N) is 2. The fourth-order valence-corrected chi connectivity index (χ4v) is 4.44. The van der Waals surface area contributed by atoms with Gasteiger partial charge in [-0.05, 0) is 77.6 Å². The van der Waals surface area contributed by atoms with Gasteiger partial charge in [0, 0.05) is 44.0 Å². The number of aryl methyl sites for hydroxylation is 2. The predicted octanol–water partition coefficient (Wildman–Crippen LogP) is 4.19. The molecule has 1 aromatic heterocycles. The first kappa shape index (κ1) is 27.6. The molecule has 2 aromatic rings. The maximum atomic E-state index is 13.9. The highest BCUT2D eigenvalue weighted by molar-refractivity contribution is 14.0. The monoisotopic (exact) mass is 570 g/mol. The highest BCUT2D eigenvalue weighted by Crippen LogP contribution is 2.20. The molecule has 184 valence electrons. The second-order valence-corrected chi connectivity index (χ2v) is 9.05. The van der Waals surface area contributed by atoms with Crippen molar-refractivity contribution >= 4 is 29.9 Å². The Labute approximate surface area is 215 Å². The van der Waals surface area contributed by atoms with Crippen molar-refractivity contribution in [3.05, 3.63) is 52.6 Å². The zero-order chi connectivity index (χ0) is 23.1. The molecule has 8 heteroatoms. The lowest BCUT2D eigenvalue weighted by atomic mass is 9.96. The number of halogens is 2. The van der Waals surface area contributed by atoms with Gasteiger partial charge in [0.25, 0.3) is 0 Å². The first-order valence-corrected chi connectivity index (χ1v) is 11.9. The normalized spacial score (nSPS) is 16.4. The van der Waals surface area contributed by atoms with Gasteiger partial charge in [0.2, 0.25) is 0 Å². The van der Waals surface area contributed by atoms with Gasteiger partial charge in [0.15, 0.2) is 5.96 Å². The van der Waals surface area contributed by atoms with E-state index < -0.39 is 0 Å². The van der Waals surface area contributed by atoms with Crippen molar-refractivity contribution in [2.24, 2.45) is 18.0 Å². The van der Waals surface area contributed by atoms with Crippen molar-refractivity contribution in [1.82, 2.24) is 25.3 Å². The predicted molar refractivity (Wildman–Crippen MR) is 145 cm³/mol. The average Bonchev–Trinajstić information content (AvgIpc) is 3.00. The summed E-state index contributed by atoms with van der Waals surface area (Å²) in [6, 6.07) is 7.35. The molecule has 2 N–H and O–H groups in total. The molecule has 1 unspecified atom stereocenters. The van der Waals surface area contributed by atoms with Crippen molar-refractivity contribution in [1.29, 1.82) is 0 Å². The number of rotatable bonds is 8. The Balaban J connectivity index is 0.00000385. The summed E-state index contributed by atoms with van der Waals surface area (Å²) in [5, 5.41) is 11.5. The highest BCUT2D eigenvalue weighted by Gasteiger charge is 2.20. The summed E-state index contributed by atoms with van der Waals surface area (Å²) in [7, 11) is 2.00. The average molecular weight is 571 g/mol. The number of nitrogens with zero attached hydrogens (tertiary/aromatic N) is 4. The van der Waals surface area contributed by atoms with E-state index in [9.17, 15) is 4.39 Å². The second-order valence-electron chi connectivity index (χ2n) is 9.05. The largest absolute Gasteiger partial charge is 0.357 e. The van der Waals surface area contributed by atoms with E-state index in [1.165, 1.54) is 11.3 Å². The van der Waals surface area contributed by atoms with Crippen molar-refractivity contribution < 1.29 is 4.39 Å². The van der Waals surface area contributed by atoms with Crippen LogP contribution in [0.1, 0.15) is 49.2 Å². The third kappa shape index (κ3) is 7.95. The SMILES string of the molecule is CCNC(=NCC1CCN(Cc2ccccc2F)CC1)NC(C)Cc1c(C)nn(C)c1C.I. The maximum absolute atomic E-state index is 13.9. The van der Waals surface area contributed by atoms with E-state index in [0.717, 1.165) is 62.7 Å². The van der Waals surface area contributed by atoms with Crippen LogP contribution in [0, 0.1) is 25.6 Å². The molecule has 1 aliphatic heterocycles. The van der Waals surface area contributed by atoms with Crippen LogP contribution in [0.25, 0.3) is 0 Å². The Morgan fingerprint density at radius 2 is 1.94 bits per heavy atom. The van der Waals surface area contributed by atoms with E-state index in [2.05, 4.69) is 48.3 Å². The molecule has 0 amide bonds. The Bertz CT molecular complexity index is 904. The van der Waals surface area contributed by atoms with Crippen molar-refractivity contribution in [3.63, 3.8) is 0 Å². The van der Waals surface area contributed by atoms with Gasteiger partial charge in [-0.1, -0.05) is 18.2 Å². The van der Waals surface area contributed by atoms with Crippen molar-refractivity contribution in [2.45, 2.75) is 59.5 Å². The summed E-state index contributed by atoms with van der Waals surface area (Å²) in [6.07, 6.45) is 3.12. The summed E-state index contributed by atoms with van der Waals surface area (Å²) in [5.41, 5.74) is 4.42. The molecule has 0 radical (unpaired) electrons. The molecule has 3 rings (SSSR count). The number of aliphatic imine (C=N–C) groups is 1. The quantitative estimate of drug-likeness (QED) is 0.284. The van der Waals surface area contributed by atoms with E-state index in [-0.39, 0.29) is 35.8 Å². The molecule has 1 fully saturated rings. The van der Waals surface area contributed by atoms with E-state index in [1.807, 2.05) is 23.9 Å². The molecule has 1 saturated heterocycles.